The lowest BCUT2D eigenvalue weighted by molar-refractivity contribution is -0.119. The molecule has 1 heterocycles. The maximum atomic E-state index is 12.5. The van der Waals surface area contributed by atoms with Crippen molar-refractivity contribution in [1.29, 1.82) is 0 Å². The summed E-state index contributed by atoms with van der Waals surface area (Å²) < 4.78 is 28.7. The first-order chi connectivity index (χ1) is 12.8. The van der Waals surface area contributed by atoms with E-state index in [1.165, 1.54) is 37.3 Å². The number of anilines is 1. The number of benzene rings is 2. The van der Waals surface area contributed by atoms with Crippen LogP contribution in [0.25, 0.3) is 0 Å². The SMILES string of the molecule is CC(C(=O)Nc1ccc(OC(F)F)c(Cl)c1)N1C(=O)c2ccccc2C1=O. The number of ether oxygens (including phenoxy) is 1. The van der Waals surface area contributed by atoms with Crippen LogP contribution in [0.5, 0.6) is 5.75 Å². The van der Waals surface area contributed by atoms with E-state index in [0.29, 0.717) is 0 Å². The van der Waals surface area contributed by atoms with E-state index in [1.54, 1.807) is 12.1 Å². The van der Waals surface area contributed by atoms with Gasteiger partial charge < -0.3 is 10.1 Å². The molecule has 1 unspecified atom stereocenters. The number of hydrogen-bond acceptors (Lipinski definition) is 4. The minimum Gasteiger partial charge on any atom is -0.433 e. The van der Waals surface area contributed by atoms with Crippen molar-refractivity contribution in [2.45, 2.75) is 19.6 Å². The molecule has 0 fully saturated rings. The molecule has 6 nitrogen and oxygen atoms in total. The Hall–Kier alpha value is -3.00. The monoisotopic (exact) mass is 394 g/mol. The van der Waals surface area contributed by atoms with Crippen molar-refractivity contribution in [2.24, 2.45) is 0 Å². The highest BCUT2D eigenvalue weighted by Gasteiger charge is 2.40. The molecule has 3 rings (SSSR count). The lowest BCUT2D eigenvalue weighted by atomic mass is 10.1. The Kier molecular flexibility index (Phi) is 5.09. The van der Waals surface area contributed by atoms with Gasteiger partial charge in [0.05, 0.1) is 16.1 Å². The van der Waals surface area contributed by atoms with E-state index in [1.807, 2.05) is 0 Å². The average Bonchev–Trinajstić information content (AvgIpc) is 2.88. The van der Waals surface area contributed by atoms with Gasteiger partial charge in [-0.1, -0.05) is 23.7 Å². The number of carbonyl (C=O) groups excluding carboxylic acids is 3. The standard InChI is InChI=1S/C18H13ClF2N2O4/c1-9(23-16(25)11-4-2-3-5-12(11)17(23)26)15(24)22-10-6-7-14(13(19)8-10)27-18(20)21/h2-9,18H,1H3,(H,22,24). The van der Waals surface area contributed by atoms with Crippen LogP contribution in [0.2, 0.25) is 5.02 Å². The van der Waals surface area contributed by atoms with E-state index in [4.69, 9.17) is 11.6 Å². The molecule has 1 atom stereocenters. The summed E-state index contributed by atoms with van der Waals surface area (Å²) in [6.45, 7) is -1.62. The number of alkyl halides is 2. The quantitative estimate of drug-likeness (QED) is 0.787. The second-order valence-electron chi connectivity index (χ2n) is 5.71. The van der Waals surface area contributed by atoms with Crippen molar-refractivity contribution in [3.8, 4) is 5.75 Å². The number of nitrogens with zero attached hydrogens (tertiary/aromatic N) is 1. The summed E-state index contributed by atoms with van der Waals surface area (Å²) in [7, 11) is 0. The third kappa shape index (κ3) is 3.61. The molecule has 27 heavy (non-hydrogen) atoms. The van der Waals surface area contributed by atoms with Gasteiger partial charge in [-0.25, -0.2) is 0 Å². The predicted molar refractivity (Wildman–Crippen MR) is 93.1 cm³/mol. The normalized spacial score (nSPS) is 14.3. The van der Waals surface area contributed by atoms with Crippen molar-refractivity contribution in [3.05, 3.63) is 58.6 Å². The smallest absolute Gasteiger partial charge is 0.387 e. The summed E-state index contributed by atoms with van der Waals surface area (Å²) in [6.07, 6.45) is 0. The highest BCUT2D eigenvalue weighted by Crippen LogP contribution is 2.29. The molecule has 0 saturated carbocycles. The van der Waals surface area contributed by atoms with Crippen LogP contribution in [0.1, 0.15) is 27.6 Å². The van der Waals surface area contributed by atoms with Crippen molar-refractivity contribution >= 4 is 35.0 Å². The van der Waals surface area contributed by atoms with E-state index in [9.17, 15) is 23.2 Å². The Bertz CT molecular complexity index is 900. The number of halogens is 3. The van der Waals surface area contributed by atoms with Gasteiger partial charge in [-0.3, -0.25) is 19.3 Å². The van der Waals surface area contributed by atoms with Crippen molar-refractivity contribution in [3.63, 3.8) is 0 Å². The highest BCUT2D eigenvalue weighted by molar-refractivity contribution is 6.32. The molecule has 2 aromatic rings. The van der Waals surface area contributed by atoms with Gasteiger partial charge in [0.15, 0.2) is 0 Å². The van der Waals surface area contributed by atoms with E-state index >= 15 is 0 Å². The van der Waals surface area contributed by atoms with Crippen molar-refractivity contribution in [1.82, 2.24) is 4.90 Å². The molecule has 140 valence electrons. The van der Waals surface area contributed by atoms with Gasteiger partial charge in [-0.05, 0) is 37.3 Å². The molecule has 3 amide bonds. The molecule has 0 aliphatic carbocycles. The average molecular weight is 395 g/mol. The number of rotatable bonds is 5. The van der Waals surface area contributed by atoms with Gasteiger partial charge in [-0.15, -0.1) is 0 Å². The summed E-state index contributed by atoms with van der Waals surface area (Å²) in [6, 6.07) is 8.92. The van der Waals surface area contributed by atoms with E-state index in [2.05, 4.69) is 10.1 Å². The summed E-state index contributed by atoms with van der Waals surface area (Å²) in [4.78, 5) is 38.2. The number of amides is 3. The fourth-order valence-electron chi connectivity index (χ4n) is 2.69. The van der Waals surface area contributed by atoms with E-state index in [-0.39, 0.29) is 27.6 Å². The number of hydrogen-bond donors (Lipinski definition) is 1. The lowest BCUT2D eigenvalue weighted by Gasteiger charge is -2.21. The van der Waals surface area contributed by atoms with Gasteiger partial charge in [0.1, 0.15) is 11.8 Å². The zero-order chi connectivity index (χ0) is 19.7. The first-order valence-electron chi connectivity index (χ1n) is 7.81. The Labute approximate surface area is 157 Å². The van der Waals surface area contributed by atoms with Gasteiger partial charge in [-0.2, -0.15) is 8.78 Å². The largest absolute Gasteiger partial charge is 0.433 e. The minimum atomic E-state index is -3.03. The third-order valence-corrected chi connectivity index (χ3v) is 4.30. The Balaban J connectivity index is 1.74. The molecule has 0 bridgehead atoms. The maximum Gasteiger partial charge on any atom is 0.387 e. The summed E-state index contributed by atoms with van der Waals surface area (Å²) in [5, 5.41) is 2.37. The molecule has 9 heteroatoms. The first kappa shape index (κ1) is 18.8. The zero-order valence-corrected chi connectivity index (χ0v) is 14.7. The van der Waals surface area contributed by atoms with Crippen LogP contribution < -0.4 is 10.1 Å². The lowest BCUT2D eigenvalue weighted by Crippen LogP contribution is -2.45. The number of fused-ring (bicyclic) bond motifs is 1. The Morgan fingerprint density at radius 2 is 1.70 bits per heavy atom. The van der Waals surface area contributed by atoms with Crippen LogP contribution in [0.3, 0.4) is 0 Å². The van der Waals surface area contributed by atoms with Crippen LogP contribution >= 0.6 is 11.6 Å². The molecular weight excluding hydrogens is 382 g/mol. The molecular formula is C18H13ClF2N2O4. The molecule has 1 aliphatic heterocycles. The van der Waals surface area contributed by atoms with Gasteiger partial charge >= 0.3 is 6.61 Å². The third-order valence-electron chi connectivity index (χ3n) is 4.01. The molecule has 1 aliphatic rings. The van der Waals surface area contributed by atoms with Gasteiger partial charge in [0.25, 0.3) is 11.8 Å². The molecule has 0 radical (unpaired) electrons. The van der Waals surface area contributed by atoms with Gasteiger partial charge in [0, 0.05) is 5.69 Å². The van der Waals surface area contributed by atoms with Crippen molar-refractivity contribution < 1.29 is 27.9 Å². The van der Waals surface area contributed by atoms with Crippen LogP contribution in [0.15, 0.2) is 42.5 Å². The van der Waals surface area contributed by atoms with Crippen LogP contribution in [0.4, 0.5) is 14.5 Å². The fourth-order valence-corrected chi connectivity index (χ4v) is 2.92. The van der Waals surface area contributed by atoms with Crippen LogP contribution in [-0.2, 0) is 4.79 Å². The predicted octanol–water partition coefficient (Wildman–Crippen LogP) is 3.56. The number of imide groups is 1. The second kappa shape index (κ2) is 7.32. The van der Waals surface area contributed by atoms with E-state index in [0.717, 1.165) is 4.90 Å². The summed E-state index contributed by atoms with van der Waals surface area (Å²) in [5.41, 5.74) is 0.674. The summed E-state index contributed by atoms with van der Waals surface area (Å²) >= 11 is 5.84. The topological polar surface area (TPSA) is 75.7 Å². The van der Waals surface area contributed by atoms with E-state index < -0.39 is 30.4 Å². The Morgan fingerprint density at radius 3 is 2.22 bits per heavy atom. The minimum absolute atomic E-state index is 0.124. The molecule has 0 aromatic heterocycles. The number of carbonyl (C=O) groups is 3. The second-order valence-corrected chi connectivity index (χ2v) is 6.12. The highest BCUT2D eigenvalue weighted by atomic mass is 35.5. The number of nitrogens with one attached hydrogen (secondary N) is 1. The molecule has 2 aromatic carbocycles. The molecule has 0 spiro atoms. The van der Waals surface area contributed by atoms with Crippen molar-refractivity contribution in [2.75, 3.05) is 5.32 Å². The molecule has 1 N–H and O–H groups in total. The molecule has 0 saturated heterocycles. The summed E-state index contributed by atoms with van der Waals surface area (Å²) in [5.74, 6) is -1.99. The van der Waals surface area contributed by atoms with Gasteiger partial charge in [0.2, 0.25) is 5.91 Å². The zero-order valence-electron chi connectivity index (χ0n) is 13.9. The first-order valence-corrected chi connectivity index (χ1v) is 8.19. The fraction of sp³-hybridized carbons (Fsp3) is 0.167. The van der Waals surface area contributed by atoms with Crippen LogP contribution in [-0.4, -0.2) is 35.3 Å². The van der Waals surface area contributed by atoms with Crippen LogP contribution in [0, 0.1) is 0 Å². The Morgan fingerprint density at radius 1 is 1.11 bits per heavy atom. The maximum absolute atomic E-state index is 12.5.